The number of aliphatic hydroxyl groups excluding tert-OH is 1. The standard InChI is InChI=1S/C24H23F3N2O2/c1-13-12-31-15(3)22(14(13)2)17-9-19-18(5-4-6-20(19)28-11-17)23(30)16-7-8-21(29-10-16)24(25,26)27/h5,7-11,23,30H,4,6,12H2,1-3H3. The Morgan fingerprint density at radius 3 is 2.55 bits per heavy atom. The van der Waals surface area contributed by atoms with Crippen LogP contribution in [0.1, 0.15) is 61.4 Å². The van der Waals surface area contributed by atoms with E-state index < -0.39 is 18.0 Å². The summed E-state index contributed by atoms with van der Waals surface area (Å²) >= 11 is 0. The van der Waals surface area contributed by atoms with Crippen molar-refractivity contribution >= 4 is 11.1 Å². The highest BCUT2D eigenvalue weighted by Gasteiger charge is 2.32. The molecule has 1 unspecified atom stereocenters. The Morgan fingerprint density at radius 1 is 1.10 bits per heavy atom. The maximum Gasteiger partial charge on any atom is 0.433 e. The van der Waals surface area contributed by atoms with Gasteiger partial charge in [0.2, 0.25) is 0 Å². The van der Waals surface area contributed by atoms with Crippen LogP contribution in [0.15, 0.2) is 53.6 Å². The summed E-state index contributed by atoms with van der Waals surface area (Å²) < 4.78 is 44.2. The monoisotopic (exact) mass is 428 g/mol. The Kier molecular flexibility index (Phi) is 5.47. The van der Waals surface area contributed by atoms with E-state index in [-0.39, 0.29) is 0 Å². The Hall–Kier alpha value is -2.93. The van der Waals surface area contributed by atoms with Crippen molar-refractivity contribution in [3.63, 3.8) is 0 Å². The molecular formula is C24H23F3N2O2. The number of rotatable bonds is 3. The third-order valence-electron chi connectivity index (χ3n) is 5.87. The number of hydrogen-bond donors (Lipinski definition) is 1. The van der Waals surface area contributed by atoms with Crippen molar-refractivity contribution in [3.05, 3.63) is 81.7 Å². The molecular weight excluding hydrogens is 405 g/mol. The van der Waals surface area contributed by atoms with Gasteiger partial charge in [-0.05, 0) is 62.5 Å². The van der Waals surface area contributed by atoms with E-state index in [1.165, 1.54) is 6.07 Å². The van der Waals surface area contributed by atoms with Gasteiger partial charge in [-0.2, -0.15) is 13.2 Å². The lowest BCUT2D eigenvalue weighted by Crippen LogP contribution is -2.13. The van der Waals surface area contributed by atoms with Gasteiger partial charge in [0.15, 0.2) is 0 Å². The molecule has 2 aromatic heterocycles. The second-order valence-corrected chi connectivity index (χ2v) is 7.92. The topological polar surface area (TPSA) is 55.2 Å². The molecule has 0 saturated carbocycles. The Labute approximate surface area is 178 Å². The molecule has 0 radical (unpaired) electrons. The van der Waals surface area contributed by atoms with Crippen molar-refractivity contribution in [1.82, 2.24) is 9.97 Å². The first-order chi connectivity index (χ1) is 14.7. The van der Waals surface area contributed by atoms with E-state index in [9.17, 15) is 18.3 Å². The summed E-state index contributed by atoms with van der Waals surface area (Å²) in [6.07, 6.45) is 0.638. The molecule has 0 fully saturated rings. The zero-order valence-electron chi connectivity index (χ0n) is 17.5. The van der Waals surface area contributed by atoms with E-state index in [0.717, 1.165) is 58.0 Å². The van der Waals surface area contributed by atoms with E-state index in [4.69, 9.17) is 4.74 Å². The molecule has 31 heavy (non-hydrogen) atoms. The van der Waals surface area contributed by atoms with E-state index in [0.29, 0.717) is 24.2 Å². The van der Waals surface area contributed by atoms with Crippen molar-refractivity contribution in [2.75, 3.05) is 6.61 Å². The molecule has 0 saturated heterocycles. The van der Waals surface area contributed by atoms with Crippen LogP contribution in [0.5, 0.6) is 0 Å². The average Bonchev–Trinajstić information content (AvgIpc) is 2.75. The number of ether oxygens (including phenoxy) is 1. The summed E-state index contributed by atoms with van der Waals surface area (Å²) in [5, 5.41) is 11.0. The zero-order chi connectivity index (χ0) is 22.3. The number of aromatic nitrogens is 2. The van der Waals surface area contributed by atoms with Gasteiger partial charge in [-0.3, -0.25) is 9.97 Å². The van der Waals surface area contributed by atoms with Crippen LogP contribution in [-0.4, -0.2) is 21.7 Å². The fourth-order valence-corrected chi connectivity index (χ4v) is 4.02. The van der Waals surface area contributed by atoms with Gasteiger partial charge in [-0.1, -0.05) is 12.1 Å². The number of halogens is 3. The first-order valence-corrected chi connectivity index (χ1v) is 10.1. The Bertz CT molecular complexity index is 1110. The largest absolute Gasteiger partial charge is 0.493 e. The minimum Gasteiger partial charge on any atom is -0.493 e. The number of fused-ring (bicyclic) bond motifs is 1. The van der Waals surface area contributed by atoms with Gasteiger partial charge in [0.25, 0.3) is 0 Å². The molecule has 1 aliphatic heterocycles. The number of alkyl halides is 3. The number of aliphatic hydroxyl groups is 1. The van der Waals surface area contributed by atoms with Crippen LogP contribution >= 0.6 is 0 Å². The van der Waals surface area contributed by atoms with Gasteiger partial charge in [0.1, 0.15) is 24.2 Å². The van der Waals surface area contributed by atoms with E-state index in [1.807, 2.05) is 32.2 Å². The average molecular weight is 428 g/mol. The first kappa shape index (κ1) is 21.3. The third kappa shape index (κ3) is 4.02. The molecule has 1 N–H and O–H groups in total. The normalized spacial score (nSPS) is 17.8. The molecule has 162 valence electrons. The number of aryl methyl sites for hydroxylation is 1. The van der Waals surface area contributed by atoms with Gasteiger partial charge in [-0.25, -0.2) is 0 Å². The number of hydrogen-bond acceptors (Lipinski definition) is 4. The lowest BCUT2D eigenvalue weighted by atomic mass is 9.86. The summed E-state index contributed by atoms with van der Waals surface area (Å²) in [5.41, 5.74) is 5.76. The second kappa shape index (κ2) is 7.96. The predicted molar refractivity (Wildman–Crippen MR) is 112 cm³/mol. The van der Waals surface area contributed by atoms with Gasteiger partial charge in [0, 0.05) is 40.4 Å². The highest BCUT2D eigenvalue weighted by atomic mass is 19.4. The highest BCUT2D eigenvalue weighted by Crippen LogP contribution is 2.39. The van der Waals surface area contributed by atoms with E-state index in [1.54, 1.807) is 0 Å². The molecule has 2 aromatic rings. The number of nitrogens with zero attached hydrogens (tertiary/aromatic N) is 2. The Balaban J connectivity index is 1.72. The van der Waals surface area contributed by atoms with Gasteiger partial charge in [-0.15, -0.1) is 0 Å². The summed E-state index contributed by atoms with van der Waals surface area (Å²) in [7, 11) is 0. The molecule has 0 amide bonds. The maximum absolute atomic E-state index is 12.8. The van der Waals surface area contributed by atoms with E-state index >= 15 is 0 Å². The fraction of sp³-hybridized carbons (Fsp3) is 0.333. The van der Waals surface area contributed by atoms with Crippen molar-refractivity contribution in [2.24, 2.45) is 0 Å². The van der Waals surface area contributed by atoms with Crippen molar-refractivity contribution in [2.45, 2.75) is 45.9 Å². The van der Waals surface area contributed by atoms with Crippen LogP contribution in [-0.2, 0) is 17.3 Å². The molecule has 2 aliphatic rings. The van der Waals surface area contributed by atoms with Crippen molar-refractivity contribution in [3.8, 4) is 0 Å². The summed E-state index contributed by atoms with van der Waals surface area (Å²) in [4.78, 5) is 8.12. The molecule has 0 spiro atoms. The molecule has 1 atom stereocenters. The quantitative estimate of drug-likeness (QED) is 0.686. The van der Waals surface area contributed by atoms with Crippen LogP contribution in [0, 0.1) is 0 Å². The first-order valence-electron chi connectivity index (χ1n) is 10.1. The minimum atomic E-state index is -4.52. The molecule has 3 heterocycles. The van der Waals surface area contributed by atoms with Crippen LogP contribution in [0.2, 0.25) is 0 Å². The van der Waals surface area contributed by atoms with Crippen LogP contribution < -0.4 is 0 Å². The maximum atomic E-state index is 12.8. The van der Waals surface area contributed by atoms with Crippen LogP contribution in [0.25, 0.3) is 11.1 Å². The molecule has 7 heteroatoms. The van der Waals surface area contributed by atoms with E-state index in [2.05, 4.69) is 16.9 Å². The molecule has 4 nitrogen and oxygen atoms in total. The molecule has 1 aliphatic carbocycles. The van der Waals surface area contributed by atoms with Crippen molar-refractivity contribution in [1.29, 1.82) is 0 Å². The fourth-order valence-electron chi connectivity index (χ4n) is 4.02. The minimum absolute atomic E-state index is 0.306. The number of allylic oxidation sites excluding steroid dienone is 4. The SMILES string of the molecule is CC1=C(C)C(c2cnc3c(c2)C(C(O)c2ccc(C(F)(F)F)nc2)=CCC3)=C(C)OC1. The van der Waals surface area contributed by atoms with Crippen molar-refractivity contribution < 1.29 is 23.0 Å². The lowest BCUT2D eigenvalue weighted by Gasteiger charge is -2.25. The van der Waals surface area contributed by atoms with Gasteiger partial charge >= 0.3 is 6.18 Å². The smallest absolute Gasteiger partial charge is 0.433 e. The van der Waals surface area contributed by atoms with Crippen LogP contribution in [0.3, 0.4) is 0 Å². The summed E-state index contributed by atoms with van der Waals surface area (Å²) in [5.74, 6) is 0.818. The van der Waals surface area contributed by atoms with Gasteiger partial charge in [0.05, 0.1) is 0 Å². The zero-order valence-corrected chi connectivity index (χ0v) is 17.5. The summed E-state index contributed by atoms with van der Waals surface area (Å²) in [6, 6.07) is 4.14. The lowest BCUT2D eigenvalue weighted by molar-refractivity contribution is -0.141. The molecule has 4 rings (SSSR count). The Morgan fingerprint density at radius 2 is 1.87 bits per heavy atom. The second-order valence-electron chi connectivity index (χ2n) is 7.92. The number of pyridine rings is 2. The molecule has 0 aromatic carbocycles. The molecule has 0 bridgehead atoms. The third-order valence-corrected chi connectivity index (χ3v) is 5.87. The van der Waals surface area contributed by atoms with Gasteiger partial charge < -0.3 is 9.84 Å². The predicted octanol–water partition coefficient (Wildman–Crippen LogP) is 5.66. The van der Waals surface area contributed by atoms with Crippen LogP contribution in [0.4, 0.5) is 13.2 Å². The highest BCUT2D eigenvalue weighted by molar-refractivity contribution is 5.84. The summed E-state index contributed by atoms with van der Waals surface area (Å²) in [6.45, 7) is 6.56.